The normalized spacial score (nSPS) is 22.7. The average molecular weight is 804 g/mol. The van der Waals surface area contributed by atoms with E-state index in [0.717, 1.165) is 61.2 Å². The van der Waals surface area contributed by atoms with Crippen LogP contribution in [0.5, 0.6) is 5.75 Å². The minimum Gasteiger partial charge on any atom is -0.508 e. The van der Waals surface area contributed by atoms with Gasteiger partial charge in [0.05, 0.1) is 0 Å². The molecule has 15 heteroatoms. The van der Waals surface area contributed by atoms with Gasteiger partial charge in [0.25, 0.3) is 0 Å². The van der Waals surface area contributed by atoms with E-state index in [9.17, 15) is 19.5 Å². The van der Waals surface area contributed by atoms with Crippen molar-refractivity contribution in [3.63, 3.8) is 0 Å². The number of aromatic nitrogens is 4. The molecule has 2 heterocycles. The SMILES string of the molecule is Cc1cc(O)cc(C)c1C[C@H](NC(=O)[C@@H](CCCn1ccnc1N)NC(=O)OC(C)(C)C)C(=O)N[C@@H](CCCCN(C)C)c1nc(C23CC4CC(CC(C4)C2)C3)no1. The van der Waals surface area contributed by atoms with Gasteiger partial charge in [-0.25, -0.2) is 9.78 Å². The molecule has 3 aromatic rings. The molecule has 7 rings (SSSR count). The first-order valence-electron chi connectivity index (χ1n) is 21.1. The minimum absolute atomic E-state index is 0.0693. The van der Waals surface area contributed by atoms with Gasteiger partial charge >= 0.3 is 6.09 Å². The van der Waals surface area contributed by atoms with Gasteiger partial charge in [-0.1, -0.05) is 5.16 Å². The number of aromatic hydroxyl groups is 1. The maximum atomic E-state index is 14.7. The van der Waals surface area contributed by atoms with E-state index in [1.54, 1.807) is 49.9 Å². The summed E-state index contributed by atoms with van der Waals surface area (Å²) in [6, 6.07) is 0.619. The second-order valence-corrected chi connectivity index (χ2v) is 18.7. The second-order valence-electron chi connectivity index (χ2n) is 18.7. The molecule has 4 aliphatic carbocycles. The van der Waals surface area contributed by atoms with Crippen molar-refractivity contribution in [1.82, 2.24) is 40.5 Å². The number of nitrogens with zero attached hydrogens (tertiary/aromatic N) is 5. The molecule has 6 N–H and O–H groups in total. The van der Waals surface area contributed by atoms with Crippen LogP contribution < -0.4 is 21.7 Å². The van der Waals surface area contributed by atoms with Crippen LogP contribution in [0.4, 0.5) is 10.7 Å². The molecule has 4 saturated carbocycles. The number of nitrogens with one attached hydrogen (secondary N) is 3. The number of nitrogen functional groups attached to an aromatic ring is 1. The Hall–Kier alpha value is -4.66. The molecule has 0 aliphatic heterocycles. The van der Waals surface area contributed by atoms with Crippen LogP contribution in [0.15, 0.2) is 29.0 Å². The van der Waals surface area contributed by atoms with Crippen molar-refractivity contribution in [2.45, 2.75) is 147 Å². The lowest BCUT2D eigenvalue weighted by Gasteiger charge is -2.55. The molecule has 58 heavy (non-hydrogen) atoms. The summed E-state index contributed by atoms with van der Waals surface area (Å²) < 4.78 is 13.3. The van der Waals surface area contributed by atoms with E-state index < -0.39 is 41.6 Å². The Bertz CT molecular complexity index is 1840. The van der Waals surface area contributed by atoms with Crippen molar-refractivity contribution in [1.29, 1.82) is 0 Å². The lowest BCUT2D eigenvalue weighted by Crippen LogP contribution is -2.55. The number of phenols is 1. The fourth-order valence-corrected chi connectivity index (χ4v) is 9.98. The third kappa shape index (κ3) is 10.9. The Kier molecular flexibility index (Phi) is 13.4. The standard InChI is InChI=1S/C43H65N9O6/c1-26-17-31(53)18-27(2)32(26)22-35(47-36(54)33(48-41(56)57-42(3,4)5)12-10-15-52-16-13-45-40(52)44)37(55)46-34(11-8-9-14-51(6)7)38-49-39(50-58-38)43-23-28-19-29(24-43)21-30(20-28)25-43/h13,16-18,28-30,33-35,53H,8-12,14-15,19-25H2,1-7H3,(H2,44,45)(H,46,55)(H,47,54)(H,48,56)/t28?,29?,30?,33-,34+,35+,43?/m1/s1. The number of hydrogen-bond donors (Lipinski definition) is 5. The molecule has 318 valence electrons. The first-order valence-corrected chi connectivity index (χ1v) is 21.1. The molecule has 3 amide bonds. The highest BCUT2D eigenvalue weighted by molar-refractivity contribution is 5.91. The molecule has 0 spiro atoms. The number of ether oxygens (including phenoxy) is 1. The summed E-state index contributed by atoms with van der Waals surface area (Å²) >= 11 is 0. The van der Waals surface area contributed by atoms with Gasteiger partial charge in [0.1, 0.15) is 29.5 Å². The molecule has 15 nitrogen and oxygen atoms in total. The van der Waals surface area contributed by atoms with Crippen LogP contribution in [-0.4, -0.2) is 85.9 Å². The molecule has 2 aromatic heterocycles. The van der Waals surface area contributed by atoms with Gasteiger partial charge in [-0.05, 0) is 172 Å². The largest absolute Gasteiger partial charge is 0.508 e. The number of aryl methyl sites for hydroxylation is 3. The van der Waals surface area contributed by atoms with Gasteiger partial charge in [0, 0.05) is 30.8 Å². The number of carbonyl (C=O) groups excluding carboxylic acids is 3. The van der Waals surface area contributed by atoms with Gasteiger partial charge in [-0.15, -0.1) is 0 Å². The highest BCUT2D eigenvalue weighted by Crippen LogP contribution is 2.60. The summed E-state index contributed by atoms with van der Waals surface area (Å²) in [7, 11) is 4.07. The van der Waals surface area contributed by atoms with Crippen LogP contribution in [0.25, 0.3) is 0 Å². The summed E-state index contributed by atoms with van der Waals surface area (Å²) in [5.74, 6) is 2.79. The van der Waals surface area contributed by atoms with Gasteiger partial charge < -0.3 is 45.5 Å². The van der Waals surface area contributed by atoms with Crippen LogP contribution in [-0.2, 0) is 32.7 Å². The molecular weight excluding hydrogens is 739 g/mol. The Morgan fingerprint density at radius 3 is 2.19 bits per heavy atom. The van der Waals surface area contributed by atoms with E-state index in [1.807, 2.05) is 27.9 Å². The Morgan fingerprint density at radius 2 is 1.60 bits per heavy atom. The van der Waals surface area contributed by atoms with Crippen molar-refractivity contribution in [3.8, 4) is 5.75 Å². The third-order valence-corrected chi connectivity index (χ3v) is 12.3. The maximum Gasteiger partial charge on any atom is 0.408 e. The van der Waals surface area contributed by atoms with Crippen LogP contribution >= 0.6 is 0 Å². The smallest absolute Gasteiger partial charge is 0.408 e. The number of imidazole rings is 1. The van der Waals surface area contributed by atoms with Crippen molar-refractivity contribution < 1.29 is 28.8 Å². The molecule has 4 bridgehead atoms. The lowest BCUT2D eigenvalue weighted by molar-refractivity contribution is -0.130. The third-order valence-electron chi connectivity index (χ3n) is 12.3. The first-order chi connectivity index (χ1) is 27.5. The first kappa shape index (κ1) is 42.9. The van der Waals surface area contributed by atoms with E-state index in [-0.39, 0.29) is 24.0 Å². The van der Waals surface area contributed by atoms with Gasteiger partial charge in [-0.2, -0.15) is 4.98 Å². The number of nitrogens with two attached hydrogens (primary N) is 1. The fourth-order valence-electron chi connectivity index (χ4n) is 9.98. The number of unbranched alkanes of at least 4 members (excludes halogenated alkanes) is 1. The monoisotopic (exact) mass is 804 g/mol. The maximum absolute atomic E-state index is 14.7. The molecule has 1 aromatic carbocycles. The highest BCUT2D eigenvalue weighted by Gasteiger charge is 2.54. The zero-order valence-corrected chi connectivity index (χ0v) is 35.5. The molecule has 4 fully saturated rings. The van der Waals surface area contributed by atoms with Crippen molar-refractivity contribution in [3.05, 3.63) is 52.9 Å². The lowest BCUT2D eigenvalue weighted by atomic mass is 9.49. The van der Waals surface area contributed by atoms with Crippen LogP contribution in [0, 0.1) is 31.6 Å². The predicted molar refractivity (Wildman–Crippen MR) is 220 cm³/mol. The van der Waals surface area contributed by atoms with Gasteiger partial charge in [-0.3, -0.25) is 9.59 Å². The van der Waals surface area contributed by atoms with E-state index in [4.69, 9.17) is 20.0 Å². The summed E-state index contributed by atoms with van der Waals surface area (Å²) in [6.07, 6.45) is 12.9. The van der Waals surface area contributed by atoms with Crippen molar-refractivity contribution in [2.24, 2.45) is 17.8 Å². The zero-order chi connectivity index (χ0) is 41.8. The molecule has 4 aliphatic rings. The summed E-state index contributed by atoms with van der Waals surface area (Å²) in [5, 5.41) is 23.9. The predicted octanol–water partition coefficient (Wildman–Crippen LogP) is 5.63. The van der Waals surface area contributed by atoms with E-state index in [0.29, 0.717) is 49.0 Å². The fraction of sp³-hybridized carbons (Fsp3) is 0.674. The van der Waals surface area contributed by atoms with E-state index in [2.05, 4.69) is 31.0 Å². The second kappa shape index (κ2) is 18.1. The molecule has 0 radical (unpaired) electrons. The molecule has 3 atom stereocenters. The Balaban J connectivity index is 1.25. The number of carbonyl (C=O) groups is 3. The number of hydrogen-bond acceptors (Lipinski definition) is 11. The number of rotatable bonds is 18. The van der Waals surface area contributed by atoms with E-state index >= 15 is 0 Å². The number of phenolic OH excluding ortho intramolecular Hbond substituents is 1. The number of benzene rings is 1. The Labute approximate surface area is 342 Å². The summed E-state index contributed by atoms with van der Waals surface area (Å²) in [5.41, 5.74) is 7.49. The van der Waals surface area contributed by atoms with E-state index in [1.165, 1.54) is 19.3 Å². The topological polar surface area (TPSA) is 203 Å². The molecular formula is C43H65N9O6. The number of anilines is 1. The van der Waals surface area contributed by atoms with Crippen LogP contribution in [0.1, 0.15) is 126 Å². The number of alkyl carbamates (subject to hydrolysis) is 1. The summed E-state index contributed by atoms with van der Waals surface area (Å²) in [6.45, 7) is 10.3. The van der Waals surface area contributed by atoms with Crippen LogP contribution in [0.3, 0.4) is 0 Å². The quantitative estimate of drug-likeness (QED) is 0.0998. The zero-order valence-electron chi connectivity index (χ0n) is 35.5. The number of amides is 3. The Morgan fingerprint density at radius 1 is 0.966 bits per heavy atom. The average Bonchev–Trinajstić information content (AvgIpc) is 3.78. The molecule has 0 saturated heterocycles. The van der Waals surface area contributed by atoms with Gasteiger partial charge in [0.2, 0.25) is 17.7 Å². The van der Waals surface area contributed by atoms with Gasteiger partial charge in [0.15, 0.2) is 11.8 Å². The van der Waals surface area contributed by atoms with Crippen molar-refractivity contribution >= 4 is 23.9 Å². The minimum atomic E-state index is -1.06. The summed E-state index contributed by atoms with van der Waals surface area (Å²) in [4.78, 5) is 53.2. The van der Waals surface area contributed by atoms with Crippen molar-refractivity contribution in [2.75, 3.05) is 26.4 Å². The molecule has 0 unspecified atom stereocenters. The van der Waals surface area contributed by atoms with Crippen LogP contribution in [0.2, 0.25) is 0 Å². The highest BCUT2D eigenvalue weighted by atomic mass is 16.6.